The zero-order valence-corrected chi connectivity index (χ0v) is 11.9. The van der Waals surface area contributed by atoms with Gasteiger partial charge in [-0.15, -0.1) is 10.2 Å². The molecule has 0 saturated carbocycles. The van der Waals surface area contributed by atoms with E-state index in [1.807, 2.05) is 13.8 Å². The number of carbonyl (C=O) groups excluding carboxylic acids is 1. The maximum atomic E-state index is 12.2. The summed E-state index contributed by atoms with van der Waals surface area (Å²) in [6, 6.07) is 1.32. The fourth-order valence-corrected chi connectivity index (χ4v) is 2.06. The summed E-state index contributed by atoms with van der Waals surface area (Å²) in [5, 5.41) is 19.2. The molecule has 0 bridgehead atoms. The number of aromatic nitrogens is 4. The first-order valence-corrected chi connectivity index (χ1v) is 6.72. The second kappa shape index (κ2) is 6.29. The summed E-state index contributed by atoms with van der Waals surface area (Å²) in [6.07, 6.45) is 2.91. The first kappa shape index (κ1) is 14.9. The van der Waals surface area contributed by atoms with E-state index < -0.39 is 17.9 Å². The van der Waals surface area contributed by atoms with Crippen molar-refractivity contribution >= 4 is 17.7 Å². The number of aryl methyl sites for hydroxylation is 1. The van der Waals surface area contributed by atoms with Crippen molar-refractivity contribution in [1.82, 2.24) is 24.9 Å². The molecule has 0 aliphatic rings. The summed E-state index contributed by atoms with van der Waals surface area (Å²) >= 11 is 0. The average molecular weight is 291 g/mol. The third-order valence-electron chi connectivity index (χ3n) is 3.02. The fourth-order valence-electron chi connectivity index (χ4n) is 2.06. The van der Waals surface area contributed by atoms with Gasteiger partial charge in [-0.1, -0.05) is 13.3 Å². The molecule has 1 atom stereocenters. The third-order valence-corrected chi connectivity index (χ3v) is 3.02. The minimum absolute atomic E-state index is 0.101. The summed E-state index contributed by atoms with van der Waals surface area (Å²) in [6.45, 7) is 3.75. The molecule has 0 spiro atoms. The highest BCUT2D eigenvalue weighted by molar-refractivity contribution is 5.91. The lowest BCUT2D eigenvalue weighted by atomic mass is 10.1. The Morgan fingerprint density at radius 2 is 2.19 bits per heavy atom. The maximum absolute atomic E-state index is 12.2. The minimum Gasteiger partial charge on any atom is -0.481 e. The fraction of sp³-hybridized carbons (Fsp3) is 0.462. The van der Waals surface area contributed by atoms with Crippen molar-refractivity contribution in [1.29, 1.82) is 0 Å². The van der Waals surface area contributed by atoms with Crippen LogP contribution < -0.4 is 5.32 Å². The molecule has 2 rings (SSSR count). The Balaban J connectivity index is 2.19. The number of amides is 1. The molecule has 0 fully saturated rings. The molecule has 0 saturated heterocycles. The third kappa shape index (κ3) is 3.53. The van der Waals surface area contributed by atoms with Gasteiger partial charge in [-0.05, 0) is 19.4 Å². The van der Waals surface area contributed by atoms with Crippen molar-refractivity contribution in [2.75, 3.05) is 0 Å². The van der Waals surface area contributed by atoms with Gasteiger partial charge >= 0.3 is 5.97 Å². The zero-order chi connectivity index (χ0) is 15.4. The van der Waals surface area contributed by atoms with E-state index in [9.17, 15) is 9.59 Å². The van der Waals surface area contributed by atoms with Crippen LogP contribution in [-0.2, 0) is 4.79 Å². The molecule has 0 aliphatic heterocycles. The van der Waals surface area contributed by atoms with Gasteiger partial charge in [-0.2, -0.15) is 0 Å². The van der Waals surface area contributed by atoms with Crippen LogP contribution in [0.1, 0.15) is 42.5 Å². The Bertz CT molecular complexity index is 667. The van der Waals surface area contributed by atoms with Crippen molar-refractivity contribution in [3.8, 4) is 0 Å². The highest BCUT2D eigenvalue weighted by Gasteiger charge is 2.20. The first-order valence-electron chi connectivity index (χ1n) is 6.72. The highest BCUT2D eigenvalue weighted by Crippen LogP contribution is 2.06. The second-order valence-corrected chi connectivity index (χ2v) is 4.82. The average Bonchev–Trinajstić information content (AvgIpc) is 2.81. The molecule has 0 unspecified atom stereocenters. The standard InChI is InChI=1S/C13H17N5O3/c1-3-4-9(7-10(19)20)15-12(21)11-16-17-13-14-8(2)5-6-18(11)13/h5-6,9H,3-4,7H2,1-2H3,(H,15,21)(H,19,20)/t9-/m1/s1. The number of fused-ring (bicyclic) bond motifs is 1. The molecule has 8 nitrogen and oxygen atoms in total. The Hall–Kier alpha value is -2.51. The quantitative estimate of drug-likeness (QED) is 0.815. The molecular weight excluding hydrogens is 274 g/mol. The van der Waals surface area contributed by atoms with Crippen molar-refractivity contribution in [2.24, 2.45) is 0 Å². The molecule has 0 radical (unpaired) electrons. The summed E-state index contributed by atoms with van der Waals surface area (Å²) in [5.74, 6) is -0.959. The number of carbonyl (C=O) groups is 2. The van der Waals surface area contributed by atoms with Gasteiger partial charge in [0.25, 0.3) is 11.7 Å². The lowest BCUT2D eigenvalue weighted by molar-refractivity contribution is -0.137. The summed E-state index contributed by atoms with van der Waals surface area (Å²) < 4.78 is 1.48. The molecule has 2 aromatic heterocycles. The Morgan fingerprint density at radius 1 is 1.43 bits per heavy atom. The largest absolute Gasteiger partial charge is 0.481 e. The Morgan fingerprint density at radius 3 is 2.86 bits per heavy atom. The van der Waals surface area contributed by atoms with Gasteiger partial charge in [0.15, 0.2) is 0 Å². The Kier molecular flexibility index (Phi) is 4.46. The molecule has 2 heterocycles. The van der Waals surface area contributed by atoms with Crippen LogP contribution in [0.25, 0.3) is 5.78 Å². The number of nitrogens with one attached hydrogen (secondary N) is 1. The highest BCUT2D eigenvalue weighted by atomic mass is 16.4. The van der Waals surface area contributed by atoms with E-state index in [1.165, 1.54) is 4.40 Å². The van der Waals surface area contributed by atoms with Gasteiger partial charge in [0.05, 0.1) is 6.42 Å². The summed E-state index contributed by atoms with van der Waals surface area (Å²) in [7, 11) is 0. The monoisotopic (exact) mass is 291 g/mol. The van der Waals surface area contributed by atoms with E-state index in [1.54, 1.807) is 12.3 Å². The smallest absolute Gasteiger partial charge is 0.305 e. The van der Waals surface area contributed by atoms with Crippen LogP contribution >= 0.6 is 0 Å². The van der Waals surface area contributed by atoms with Crippen LogP contribution in [-0.4, -0.2) is 42.6 Å². The van der Waals surface area contributed by atoms with Gasteiger partial charge in [-0.3, -0.25) is 14.0 Å². The van der Waals surface area contributed by atoms with Gasteiger partial charge in [-0.25, -0.2) is 4.98 Å². The number of hydrogen-bond donors (Lipinski definition) is 2. The van der Waals surface area contributed by atoms with Gasteiger partial charge in [0.1, 0.15) is 0 Å². The van der Waals surface area contributed by atoms with Crippen molar-refractivity contribution in [3.63, 3.8) is 0 Å². The predicted molar refractivity (Wildman–Crippen MR) is 73.9 cm³/mol. The summed E-state index contributed by atoms with van der Waals surface area (Å²) in [5.41, 5.74) is 0.775. The SMILES string of the molecule is CCC[C@H](CC(=O)O)NC(=O)c1nnc2nc(C)ccn12. The van der Waals surface area contributed by atoms with Crippen molar-refractivity contribution in [3.05, 3.63) is 23.8 Å². The predicted octanol–water partition coefficient (Wildman–Crippen LogP) is 0.806. The van der Waals surface area contributed by atoms with Gasteiger partial charge in [0, 0.05) is 17.9 Å². The van der Waals surface area contributed by atoms with E-state index in [0.717, 1.165) is 12.1 Å². The van der Waals surface area contributed by atoms with Crippen molar-refractivity contribution < 1.29 is 14.7 Å². The molecule has 1 amide bonds. The molecule has 0 aromatic carbocycles. The second-order valence-electron chi connectivity index (χ2n) is 4.82. The molecule has 21 heavy (non-hydrogen) atoms. The zero-order valence-electron chi connectivity index (χ0n) is 11.9. The van der Waals surface area contributed by atoms with Crippen LogP contribution in [0.3, 0.4) is 0 Å². The lowest BCUT2D eigenvalue weighted by Crippen LogP contribution is -2.37. The van der Waals surface area contributed by atoms with Crippen LogP contribution in [0.15, 0.2) is 12.3 Å². The number of hydrogen-bond acceptors (Lipinski definition) is 5. The molecule has 0 aliphatic carbocycles. The van der Waals surface area contributed by atoms with E-state index in [2.05, 4.69) is 20.5 Å². The van der Waals surface area contributed by atoms with Gasteiger partial charge < -0.3 is 10.4 Å². The number of carboxylic acids is 1. The maximum Gasteiger partial charge on any atom is 0.305 e. The first-order chi connectivity index (χ1) is 10.0. The van der Waals surface area contributed by atoms with Crippen LogP contribution in [0.2, 0.25) is 0 Å². The molecular formula is C13H17N5O3. The normalized spacial score (nSPS) is 12.3. The van der Waals surface area contributed by atoms with E-state index in [-0.39, 0.29) is 12.2 Å². The van der Waals surface area contributed by atoms with E-state index >= 15 is 0 Å². The summed E-state index contributed by atoms with van der Waals surface area (Å²) in [4.78, 5) is 27.2. The van der Waals surface area contributed by atoms with Gasteiger partial charge in [0.2, 0.25) is 5.82 Å². The lowest BCUT2D eigenvalue weighted by Gasteiger charge is -2.15. The number of aliphatic carboxylic acids is 1. The molecule has 2 N–H and O–H groups in total. The number of nitrogens with zero attached hydrogens (tertiary/aromatic N) is 4. The van der Waals surface area contributed by atoms with Crippen molar-refractivity contribution in [2.45, 2.75) is 39.2 Å². The van der Waals surface area contributed by atoms with E-state index in [4.69, 9.17) is 5.11 Å². The minimum atomic E-state index is -0.947. The molecule has 112 valence electrons. The number of carboxylic acid groups (broad SMARTS) is 1. The van der Waals surface area contributed by atoms with Crippen LogP contribution in [0, 0.1) is 6.92 Å². The van der Waals surface area contributed by atoms with E-state index in [0.29, 0.717) is 12.2 Å². The Labute approximate surface area is 121 Å². The number of rotatable bonds is 6. The molecule has 2 aromatic rings. The molecule has 8 heteroatoms. The van der Waals surface area contributed by atoms with Crippen LogP contribution in [0.4, 0.5) is 0 Å². The topological polar surface area (TPSA) is 109 Å². The van der Waals surface area contributed by atoms with Crippen LogP contribution in [0.5, 0.6) is 0 Å².